The third kappa shape index (κ3) is 7.34. The number of nitro benzene ring substituents is 1. The molecule has 2 heterocycles. The third-order valence-corrected chi connectivity index (χ3v) is 15.3. The first-order chi connectivity index (χ1) is 25.6. The largest absolute Gasteiger partial charge is 0.497 e. The first-order valence-electron chi connectivity index (χ1n) is 17.5. The van der Waals surface area contributed by atoms with Crippen molar-refractivity contribution in [3.63, 3.8) is 0 Å². The van der Waals surface area contributed by atoms with E-state index in [0.717, 1.165) is 22.8 Å². The predicted octanol–water partition coefficient (Wildman–Crippen LogP) is 7.96. The standard InChI is InChI=1S/C40H44ClN3O9Si/c1-39(2,3)54(6,7)53-35-21-30(52-37(35)43-33-23-32(41)34(44(47)48)22-31(33)36(45)42-38(43)46)24-51-40(25-11-9-8-10-12-25,26-13-17-28(49-4)18-14-26)27-15-19-29(50-5)20-16-27/h8-20,22-23,30,35,37H,21,24H2,1-7H3,(H,42,45,46)/t30-,35-,37-/m1/s1. The predicted molar refractivity (Wildman–Crippen MR) is 209 cm³/mol. The van der Waals surface area contributed by atoms with Gasteiger partial charge in [0.05, 0.1) is 48.9 Å². The Morgan fingerprint density at radius 2 is 1.46 bits per heavy atom. The van der Waals surface area contributed by atoms with Crippen molar-refractivity contribution < 1.29 is 28.3 Å². The molecule has 0 bridgehead atoms. The van der Waals surface area contributed by atoms with Crippen LogP contribution in [0.15, 0.2) is 101 Å². The van der Waals surface area contributed by atoms with Gasteiger partial charge in [-0.15, -0.1) is 0 Å². The molecule has 5 aromatic rings. The highest BCUT2D eigenvalue weighted by Crippen LogP contribution is 2.45. The van der Waals surface area contributed by atoms with Crippen LogP contribution in [0.5, 0.6) is 11.5 Å². The van der Waals surface area contributed by atoms with E-state index in [1.54, 1.807) is 14.2 Å². The monoisotopic (exact) mass is 773 g/mol. The van der Waals surface area contributed by atoms with Gasteiger partial charge in [-0.3, -0.25) is 24.5 Å². The number of rotatable bonds is 12. The van der Waals surface area contributed by atoms with E-state index in [2.05, 4.69) is 38.8 Å². The number of hydrogen-bond acceptors (Lipinski definition) is 9. The Kier molecular flexibility index (Phi) is 10.9. The van der Waals surface area contributed by atoms with Crippen molar-refractivity contribution >= 4 is 36.5 Å². The summed E-state index contributed by atoms with van der Waals surface area (Å²) in [6.45, 7) is 10.6. The summed E-state index contributed by atoms with van der Waals surface area (Å²) in [4.78, 5) is 40.1. The number of hydrogen-bond donors (Lipinski definition) is 1. The number of H-pyrrole nitrogens is 1. The third-order valence-electron chi connectivity index (χ3n) is 10.5. The lowest BCUT2D eigenvalue weighted by atomic mass is 9.80. The van der Waals surface area contributed by atoms with Crippen molar-refractivity contribution in [1.82, 2.24) is 9.55 Å². The fraction of sp³-hybridized carbons (Fsp3) is 0.350. The topological polar surface area (TPSA) is 144 Å². The first-order valence-corrected chi connectivity index (χ1v) is 20.8. The van der Waals surface area contributed by atoms with Gasteiger partial charge < -0.3 is 23.4 Å². The fourth-order valence-corrected chi connectivity index (χ4v) is 8.21. The Morgan fingerprint density at radius 3 is 1.98 bits per heavy atom. The van der Waals surface area contributed by atoms with E-state index < -0.39 is 54.2 Å². The van der Waals surface area contributed by atoms with E-state index in [4.69, 9.17) is 35.0 Å². The lowest BCUT2D eigenvalue weighted by Gasteiger charge is -2.39. The molecule has 0 radical (unpaired) electrons. The van der Waals surface area contributed by atoms with Crippen molar-refractivity contribution in [1.29, 1.82) is 0 Å². The van der Waals surface area contributed by atoms with Crippen LogP contribution < -0.4 is 20.7 Å². The van der Waals surface area contributed by atoms with Crippen LogP contribution in [0, 0.1) is 10.1 Å². The van der Waals surface area contributed by atoms with Gasteiger partial charge in [-0.2, -0.15) is 0 Å². The van der Waals surface area contributed by atoms with E-state index in [1.807, 2.05) is 78.9 Å². The average molecular weight is 774 g/mol. The summed E-state index contributed by atoms with van der Waals surface area (Å²) in [5, 5.41) is 11.2. The Hall–Kier alpha value is -4.79. The fourth-order valence-electron chi connectivity index (χ4n) is 6.66. The molecule has 1 fully saturated rings. The molecule has 0 amide bonds. The smallest absolute Gasteiger partial charge is 0.331 e. The highest BCUT2D eigenvalue weighted by Gasteiger charge is 2.47. The van der Waals surface area contributed by atoms with Gasteiger partial charge in [-0.05, 0) is 65.2 Å². The van der Waals surface area contributed by atoms with Crippen LogP contribution in [0.25, 0.3) is 10.9 Å². The van der Waals surface area contributed by atoms with Crippen LogP contribution in [0.1, 0.15) is 50.1 Å². The van der Waals surface area contributed by atoms with Crippen LogP contribution in [-0.2, 0) is 19.5 Å². The minimum Gasteiger partial charge on any atom is -0.497 e. The number of nitrogens with zero attached hydrogens (tertiary/aromatic N) is 2. The zero-order valence-electron chi connectivity index (χ0n) is 31.3. The van der Waals surface area contributed by atoms with Crippen LogP contribution in [0.2, 0.25) is 23.2 Å². The molecule has 6 rings (SSSR count). The summed E-state index contributed by atoms with van der Waals surface area (Å²) in [5.41, 5.74) is -0.509. The number of halogens is 1. The lowest BCUT2D eigenvalue weighted by molar-refractivity contribution is -0.384. The van der Waals surface area contributed by atoms with Crippen molar-refractivity contribution in [2.75, 3.05) is 20.8 Å². The van der Waals surface area contributed by atoms with Crippen LogP contribution >= 0.6 is 11.6 Å². The summed E-state index contributed by atoms with van der Waals surface area (Å²) in [5.74, 6) is 1.37. The molecule has 3 atom stereocenters. The molecule has 1 aromatic heterocycles. The highest BCUT2D eigenvalue weighted by atomic mass is 35.5. The molecule has 4 aromatic carbocycles. The molecule has 12 nitrogen and oxygen atoms in total. The molecule has 0 saturated carbocycles. The van der Waals surface area contributed by atoms with Gasteiger partial charge >= 0.3 is 5.69 Å². The first kappa shape index (κ1) is 38.9. The van der Waals surface area contributed by atoms with Crippen molar-refractivity contribution in [3.05, 3.63) is 144 Å². The Bertz CT molecular complexity index is 2210. The normalized spacial score (nSPS) is 17.8. The number of nitrogens with one attached hydrogen (secondary N) is 1. The summed E-state index contributed by atoms with van der Waals surface area (Å²) in [6.07, 6.45) is -1.97. The maximum absolute atomic E-state index is 13.7. The number of fused-ring (bicyclic) bond motifs is 1. The van der Waals surface area contributed by atoms with E-state index in [-0.39, 0.29) is 27.6 Å². The molecule has 1 aliphatic heterocycles. The van der Waals surface area contributed by atoms with Gasteiger partial charge in [0.2, 0.25) is 0 Å². The molecule has 1 saturated heterocycles. The molecule has 0 unspecified atom stereocenters. The van der Waals surface area contributed by atoms with Gasteiger partial charge in [-0.25, -0.2) is 4.79 Å². The molecular weight excluding hydrogens is 730 g/mol. The van der Waals surface area contributed by atoms with E-state index in [9.17, 15) is 19.7 Å². The van der Waals surface area contributed by atoms with Crippen molar-refractivity contribution in [3.8, 4) is 11.5 Å². The second-order valence-electron chi connectivity index (χ2n) is 14.8. The van der Waals surface area contributed by atoms with Crippen LogP contribution in [0.3, 0.4) is 0 Å². The number of benzene rings is 4. The van der Waals surface area contributed by atoms with Crippen LogP contribution in [0.4, 0.5) is 5.69 Å². The van der Waals surface area contributed by atoms with Gasteiger partial charge in [0.15, 0.2) is 14.5 Å². The van der Waals surface area contributed by atoms with Crippen LogP contribution in [-0.4, -0.2) is 55.8 Å². The minimum absolute atomic E-state index is 0.0586. The van der Waals surface area contributed by atoms with E-state index in [0.29, 0.717) is 17.9 Å². The van der Waals surface area contributed by atoms with Gasteiger partial charge in [0, 0.05) is 12.5 Å². The average Bonchev–Trinajstić information content (AvgIpc) is 3.52. The second-order valence-corrected chi connectivity index (χ2v) is 20.0. The highest BCUT2D eigenvalue weighted by molar-refractivity contribution is 6.74. The summed E-state index contributed by atoms with van der Waals surface area (Å²) in [6, 6.07) is 27.6. The molecule has 0 aliphatic carbocycles. The number of aromatic amines is 1. The maximum Gasteiger partial charge on any atom is 0.331 e. The summed E-state index contributed by atoms with van der Waals surface area (Å²) < 4.78 is 33.1. The van der Waals surface area contributed by atoms with Gasteiger partial charge in [0.25, 0.3) is 11.2 Å². The SMILES string of the molecule is COc1ccc(C(OC[C@H]2C[C@@H](O[Si](C)(C)C(C)(C)C)[C@H](n3c(=O)[nH]c(=O)c4cc([N+](=O)[O-])c(Cl)cc43)O2)(c2ccccc2)c2ccc(OC)cc2)cc1. The van der Waals surface area contributed by atoms with Crippen molar-refractivity contribution in [2.45, 2.75) is 69.4 Å². The van der Waals surface area contributed by atoms with E-state index >= 15 is 0 Å². The minimum atomic E-state index is -2.49. The maximum atomic E-state index is 13.7. The molecule has 54 heavy (non-hydrogen) atoms. The number of aromatic nitrogens is 2. The summed E-state index contributed by atoms with van der Waals surface area (Å²) >= 11 is 6.36. The van der Waals surface area contributed by atoms with Gasteiger partial charge in [0.1, 0.15) is 22.1 Å². The zero-order chi connectivity index (χ0) is 39.0. The number of nitro groups is 1. The molecule has 14 heteroatoms. The second kappa shape index (κ2) is 15.2. The number of methoxy groups -OCH3 is 2. The zero-order valence-corrected chi connectivity index (χ0v) is 33.0. The lowest BCUT2D eigenvalue weighted by Crippen LogP contribution is -2.46. The molecule has 1 aliphatic rings. The molecular formula is C40H44ClN3O9Si. The Morgan fingerprint density at radius 1 is 0.907 bits per heavy atom. The van der Waals surface area contributed by atoms with Crippen molar-refractivity contribution in [2.24, 2.45) is 0 Å². The molecule has 0 spiro atoms. The molecule has 1 N–H and O–H groups in total. The Balaban J connectivity index is 1.47. The molecule has 284 valence electrons. The quantitative estimate of drug-likeness (QED) is 0.0578. The Labute approximate surface area is 318 Å². The summed E-state index contributed by atoms with van der Waals surface area (Å²) in [7, 11) is 0.738. The number of ether oxygens (including phenoxy) is 4. The van der Waals surface area contributed by atoms with E-state index in [1.165, 1.54) is 10.6 Å². The van der Waals surface area contributed by atoms with Gasteiger partial charge in [-0.1, -0.05) is 87.0 Å².